The van der Waals surface area contributed by atoms with E-state index in [1.807, 2.05) is 45.0 Å². The summed E-state index contributed by atoms with van der Waals surface area (Å²) < 4.78 is 12.1. The average molecular weight is 316 g/mol. The summed E-state index contributed by atoms with van der Waals surface area (Å²) in [5, 5.41) is 3.31. The number of rotatable bonds is 7. The van der Waals surface area contributed by atoms with E-state index in [0.29, 0.717) is 19.8 Å². The molecule has 1 aromatic rings. The minimum atomic E-state index is -0.0868. The van der Waals surface area contributed by atoms with Crippen molar-refractivity contribution in [2.75, 3.05) is 31.7 Å². The maximum atomic E-state index is 5.56. The van der Waals surface area contributed by atoms with E-state index in [9.17, 15) is 0 Å². The molecule has 1 aromatic carbocycles. The lowest BCUT2D eigenvalue weighted by atomic mass is 10.2. The molecule has 0 atom stereocenters. The molecule has 0 amide bonds. The molecule has 0 fully saturated rings. The SMILES string of the molecule is CC(C)(C)OCCOCCNc1ccccc1Br. The van der Waals surface area contributed by atoms with E-state index in [-0.39, 0.29) is 5.60 Å². The molecule has 0 aromatic heterocycles. The zero-order valence-electron chi connectivity index (χ0n) is 11.3. The van der Waals surface area contributed by atoms with Crippen molar-refractivity contribution in [3.8, 4) is 0 Å². The summed E-state index contributed by atoms with van der Waals surface area (Å²) in [6.07, 6.45) is 0. The summed E-state index contributed by atoms with van der Waals surface area (Å²) in [6, 6.07) is 8.05. The molecule has 3 nitrogen and oxygen atoms in total. The Morgan fingerprint density at radius 3 is 2.50 bits per heavy atom. The zero-order valence-corrected chi connectivity index (χ0v) is 12.9. The van der Waals surface area contributed by atoms with Crippen LogP contribution < -0.4 is 5.32 Å². The first-order valence-electron chi connectivity index (χ1n) is 6.19. The summed E-state index contributed by atoms with van der Waals surface area (Å²) in [4.78, 5) is 0. The molecule has 0 aliphatic rings. The Balaban J connectivity index is 2.04. The highest BCUT2D eigenvalue weighted by Crippen LogP contribution is 2.20. The quantitative estimate of drug-likeness (QED) is 0.778. The highest BCUT2D eigenvalue weighted by molar-refractivity contribution is 9.10. The van der Waals surface area contributed by atoms with Gasteiger partial charge in [-0.15, -0.1) is 0 Å². The normalized spacial score (nSPS) is 11.6. The number of para-hydroxylation sites is 1. The molecule has 0 radical (unpaired) electrons. The Morgan fingerprint density at radius 1 is 1.11 bits per heavy atom. The van der Waals surface area contributed by atoms with Crippen LogP contribution in [0, 0.1) is 0 Å². The van der Waals surface area contributed by atoms with Gasteiger partial charge in [0.25, 0.3) is 0 Å². The lowest BCUT2D eigenvalue weighted by molar-refractivity contribution is -0.0335. The van der Waals surface area contributed by atoms with E-state index in [4.69, 9.17) is 9.47 Å². The van der Waals surface area contributed by atoms with Gasteiger partial charge in [0.15, 0.2) is 0 Å². The fourth-order valence-electron chi connectivity index (χ4n) is 1.37. The number of hydrogen-bond acceptors (Lipinski definition) is 3. The first kappa shape index (κ1) is 15.5. The Bertz CT molecular complexity index is 350. The number of hydrogen-bond donors (Lipinski definition) is 1. The third kappa shape index (κ3) is 6.99. The third-order valence-corrected chi connectivity index (χ3v) is 2.89. The van der Waals surface area contributed by atoms with Crippen molar-refractivity contribution in [3.05, 3.63) is 28.7 Å². The van der Waals surface area contributed by atoms with Crippen molar-refractivity contribution in [2.45, 2.75) is 26.4 Å². The van der Waals surface area contributed by atoms with E-state index in [2.05, 4.69) is 21.2 Å². The second-order valence-corrected chi connectivity index (χ2v) is 5.83. The van der Waals surface area contributed by atoms with Crippen molar-refractivity contribution < 1.29 is 9.47 Å². The lowest BCUT2D eigenvalue weighted by Crippen LogP contribution is -2.22. The minimum Gasteiger partial charge on any atom is -0.382 e. The van der Waals surface area contributed by atoms with Crippen LogP contribution >= 0.6 is 15.9 Å². The topological polar surface area (TPSA) is 30.5 Å². The number of ether oxygens (including phenoxy) is 2. The Kier molecular flexibility index (Phi) is 6.68. The number of benzene rings is 1. The maximum absolute atomic E-state index is 5.56. The maximum Gasteiger partial charge on any atom is 0.0707 e. The van der Waals surface area contributed by atoms with Gasteiger partial charge in [0.2, 0.25) is 0 Å². The van der Waals surface area contributed by atoms with Gasteiger partial charge in [-0.3, -0.25) is 0 Å². The van der Waals surface area contributed by atoms with Crippen LogP contribution in [-0.4, -0.2) is 32.0 Å². The van der Waals surface area contributed by atoms with Crippen LogP contribution in [0.1, 0.15) is 20.8 Å². The van der Waals surface area contributed by atoms with Gasteiger partial charge >= 0.3 is 0 Å². The first-order valence-corrected chi connectivity index (χ1v) is 6.98. The molecule has 0 spiro atoms. The van der Waals surface area contributed by atoms with Gasteiger partial charge < -0.3 is 14.8 Å². The molecule has 0 aliphatic heterocycles. The van der Waals surface area contributed by atoms with Crippen LogP contribution in [0.2, 0.25) is 0 Å². The predicted octanol–water partition coefficient (Wildman–Crippen LogP) is 3.69. The molecular formula is C14H22BrNO2. The molecule has 18 heavy (non-hydrogen) atoms. The van der Waals surface area contributed by atoms with Crippen LogP contribution in [0.5, 0.6) is 0 Å². The highest BCUT2D eigenvalue weighted by Gasteiger charge is 2.08. The lowest BCUT2D eigenvalue weighted by Gasteiger charge is -2.19. The summed E-state index contributed by atoms with van der Waals surface area (Å²) in [5.74, 6) is 0. The van der Waals surface area contributed by atoms with E-state index in [1.54, 1.807) is 0 Å². The van der Waals surface area contributed by atoms with Crippen LogP contribution in [0.25, 0.3) is 0 Å². The smallest absolute Gasteiger partial charge is 0.0707 e. The van der Waals surface area contributed by atoms with E-state index >= 15 is 0 Å². The molecule has 0 saturated carbocycles. The molecule has 0 saturated heterocycles. The molecule has 102 valence electrons. The zero-order chi connectivity index (χ0) is 13.4. The van der Waals surface area contributed by atoms with Crippen LogP contribution in [0.4, 0.5) is 5.69 Å². The van der Waals surface area contributed by atoms with Crippen LogP contribution in [-0.2, 0) is 9.47 Å². The first-order chi connectivity index (χ1) is 8.49. The monoisotopic (exact) mass is 315 g/mol. The van der Waals surface area contributed by atoms with Gasteiger partial charge in [-0.05, 0) is 48.8 Å². The molecule has 0 heterocycles. The van der Waals surface area contributed by atoms with Crippen molar-refractivity contribution in [3.63, 3.8) is 0 Å². The molecule has 4 heteroatoms. The van der Waals surface area contributed by atoms with Gasteiger partial charge in [-0.2, -0.15) is 0 Å². The van der Waals surface area contributed by atoms with Gasteiger partial charge in [0, 0.05) is 16.7 Å². The standard InChI is InChI=1S/C14H22BrNO2/c1-14(2,3)18-11-10-17-9-8-16-13-7-5-4-6-12(13)15/h4-7,16H,8-11H2,1-3H3. The van der Waals surface area contributed by atoms with Crippen molar-refractivity contribution in [1.29, 1.82) is 0 Å². The summed E-state index contributed by atoms with van der Waals surface area (Å²) >= 11 is 3.49. The Morgan fingerprint density at radius 2 is 1.83 bits per heavy atom. The third-order valence-electron chi connectivity index (χ3n) is 2.20. The Hall–Kier alpha value is -0.580. The van der Waals surface area contributed by atoms with Gasteiger partial charge in [-0.1, -0.05) is 12.1 Å². The largest absolute Gasteiger partial charge is 0.382 e. The summed E-state index contributed by atoms with van der Waals surface area (Å²) in [6.45, 7) is 8.87. The molecular weight excluding hydrogens is 294 g/mol. The molecule has 0 bridgehead atoms. The number of halogens is 1. The summed E-state index contributed by atoms with van der Waals surface area (Å²) in [7, 11) is 0. The van der Waals surface area contributed by atoms with E-state index in [0.717, 1.165) is 16.7 Å². The second-order valence-electron chi connectivity index (χ2n) is 4.98. The fraction of sp³-hybridized carbons (Fsp3) is 0.571. The van der Waals surface area contributed by atoms with Gasteiger partial charge in [0.1, 0.15) is 0 Å². The predicted molar refractivity (Wildman–Crippen MR) is 79.2 cm³/mol. The van der Waals surface area contributed by atoms with Crippen LogP contribution in [0.3, 0.4) is 0 Å². The fourth-order valence-corrected chi connectivity index (χ4v) is 1.80. The molecule has 1 N–H and O–H groups in total. The Labute approximate surface area is 118 Å². The molecule has 0 unspecified atom stereocenters. The highest BCUT2D eigenvalue weighted by atomic mass is 79.9. The minimum absolute atomic E-state index is 0.0868. The average Bonchev–Trinajstić information content (AvgIpc) is 2.28. The van der Waals surface area contributed by atoms with Crippen molar-refractivity contribution in [1.82, 2.24) is 0 Å². The molecule has 1 rings (SSSR count). The second kappa shape index (κ2) is 7.77. The number of anilines is 1. The molecule has 0 aliphatic carbocycles. The summed E-state index contributed by atoms with van der Waals surface area (Å²) in [5.41, 5.74) is 1.00. The van der Waals surface area contributed by atoms with Crippen LogP contribution in [0.15, 0.2) is 28.7 Å². The van der Waals surface area contributed by atoms with Crippen molar-refractivity contribution >= 4 is 21.6 Å². The van der Waals surface area contributed by atoms with Gasteiger partial charge in [-0.25, -0.2) is 0 Å². The van der Waals surface area contributed by atoms with E-state index < -0.39 is 0 Å². The van der Waals surface area contributed by atoms with Gasteiger partial charge in [0.05, 0.1) is 25.4 Å². The number of nitrogens with one attached hydrogen (secondary N) is 1. The van der Waals surface area contributed by atoms with E-state index in [1.165, 1.54) is 0 Å². The van der Waals surface area contributed by atoms with Crippen molar-refractivity contribution in [2.24, 2.45) is 0 Å².